The predicted molar refractivity (Wildman–Crippen MR) is 126 cm³/mol. The summed E-state index contributed by atoms with van der Waals surface area (Å²) in [6.45, 7) is 1.96. The van der Waals surface area contributed by atoms with Crippen LogP contribution in [0.25, 0.3) is 27.0 Å². The molecule has 3 aromatic heterocycles. The van der Waals surface area contributed by atoms with Crippen LogP contribution in [-0.4, -0.2) is 37.3 Å². The molecular weight excluding hydrogens is 444 g/mol. The van der Waals surface area contributed by atoms with Crippen molar-refractivity contribution in [3.63, 3.8) is 0 Å². The maximum Gasteiger partial charge on any atom is 0.260 e. The molecule has 5 aromatic rings. The number of rotatable bonds is 6. The van der Waals surface area contributed by atoms with E-state index in [9.17, 15) is 4.79 Å². The van der Waals surface area contributed by atoms with Crippen molar-refractivity contribution in [2.24, 2.45) is 0 Å². The summed E-state index contributed by atoms with van der Waals surface area (Å²) in [6, 6.07) is 17.4. The van der Waals surface area contributed by atoms with Gasteiger partial charge >= 0.3 is 0 Å². The number of thiophene rings is 1. The molecule has 8 nitrogen and oxygen atoms in total. The summed E-state index contributed by atoms with van der Waals surface area (Å²) in [4.78, 5) is 21.4. The lowest BCUT2D eigenvalue weighted by molar-refractivity contribution is 0.410. The number of methoxy groups -OCH3 is 1. The third kappa shape index (κ3) is 3.67. The Bertz CT molecular complexity index is 1440. The molecular formula is C22H18N6O2S2. The Labute approximate surface area is 191 Å². The first kappa shape index (κ1) is 20.4. The number of ether oxygens (including phenoxy) is 1. The van der Waals surface area contributed by atoms with Gasteiger partial charge in [0.1, 0.15) is 22.1 Å². The third-order valence-corrected chi connectivity index (χ3v) is 6.88. The highest BCUT2D eigenvalue weighted by atomic mass is 32.2. The quantitative estimate of drug-likeness (QED) is 0.371. The summed E-state index contributed by atoms with van der Waals surface area (Å²) in [6.07, 6.45) is 0. The van der Waals surface area contributed by atoms with E-state index in [0.717, 1.165) is 16.8 Å². The molecule has 0 saturated heterocycles. The molecule has 0 radical (unpaired) electrons. The van der Waals surface area contributed by atoms with Crippen LogP contribution in [0, 0.1) is 0 Å². The van der Waals surface area contributed by atoms with Crippen LogP contribution in [0.3, 0.4) is 0 Å². The monoisotopic (exact) mass is 462 g/mol. The Kier molecular flexibility index (Phi) is 5.46. The zero-order chi connectivity index (χ0) is 22.1. The molecule has 5 rings (SSSR count). The first-order chi connectivity index (χ1) is 15.7. The molecule has 0 amide bonds. The van der Waals surface area contributed by atoms with Gasteiger partial charge in [-0.25, -0.2) is 4.98 Å². The number of thioether (sulfide) groups is 1. The Hall–Kier alpha value is -3.50. The molecule has 2 aromatic carbocycles. The third-order valence-electron chi connectivity index (χ3n) is 4.97. The van der Waals surface area contributed by atoms with Crippen molar-refractivity contribution < 1.29 is 4.74 Å². The molecule has 1 atom stereocenters. The fourth-order valence-corrected chi connectivity index (χ4v) is 5.22. The van der Waals surface area contributed by atoms with Gasteiger partial charge in [0.2, 0.25) is 5.16 Å². The van der Waals surface area contributed by atoms with Gasteiger partial charge in [0.15, 0.2) is 0 Å². The van der Waals surface area contributed by atoms with Gasteiger partial charge in [-0.15, -0.1) is 16.4 Å². The van der Waals surface area contributed by atoms with Gasteiger partial charge < -0.3 is 9.72 Å². The number of hydrogen-bond acceptors (Lipinski definition) is 8. The van der Waals surface area contributed by atoms with E-state index in [1.807, 2.05) is 66.9 Å². The number of nitrogens with zero attached hydrogens (tertiary/aromatic N) is 5. The van der Waals surface area contributed by atoms with Gasteiger partial charge in [0.25, 0.3) is 5.56 Å². The van der Waals surface area contributed by atoms with Crippen LogP contribution in [-0.2, 0) is 0 Å². The highest BCUT2D eigenvalue weighted by molar-refractivity contribution is 7.99. The summed E-state index contributed by atoms with van der Waals surface area (Å²) < 4.78 is 7.05. The predicted octanol–water partition coefficient (Wildman–Crippen LogP) is 4.49. The Balaban J connectivity index is 1.48. The molecule has 10 heteroatoms. The molecule has 0 fully saturated rings. The Morgan fingerprint density at radius 3 is 2.72 bits per heavy atom. The van der Waals surface area contributed by atoms with Gasteiger partial charge in [-0.1, -0.05) is 54.2 Å². The lowest BCUT2D eigenvalue weighted by Crippen LogP contribution is -2.12. The maximum absolute atomic E-state index is 13.0. The van der Waals surface area contributed by atoms with E-state index in [4.69, 9.17) is 9.72 Å². The first-order valence-corrected chi connectivity index (χ1v) is 11.6. The molecule has 0 saturated carbocycles. The van der Waals surface area contributed by atoms with Crippen molar-refractivity contribution in [2.75, 3.05) is 7.11 Å². The number of para-hydroxylation sites is 2. The van der Waals surface area contributed by atoms with E-state index >= 15 is 0 Å². The molecule has 0 aliphatic carbocycles. The summed E-state index contributed by atoms with van der Waals surface area (Å²) in [5.74, 6) is 1.23. The number of tetrazole rings is 1. The average molecular weight is 463 g/mol. The zero-order valence-electron chi connectivity index (χ0n) is 17.2. The van der Waals surface area contributed by atoms with Crippen molar-refractivity contribution in [1.82, 2.24) is 30.2 Å². The smallest absolute Gasteiger partial charge is 0.260 e. The fourth-order valence-electron chi connectivity index (χ4n) is 3.41. The van der Waals surface area contributed by atoms with Gasteiger partial charge in [-0.3, -0.25) is 4.79 Å². The van der Waals surface area contributed by atoms with Crippen LogP contribution in [0.4, 0.5) is 0 Å². The minimum atomic E-state index is -0.186. The molecule has 160 valence electrons. The lowest BCUT2D eigenvalue weighted by atomic mass is 10.1. The summed E-state index contributed by atoms with van der Waals surface area (Å²) >= 11 is 2.87. The largest absolute Gasteiger partial charge is 0.494 e. The van der Waals surface area contributed by atoms with Crippen LogP contribution in [0.1, 0.15) is 18.0 Å². The summed E-state index contributed by atoms with van der Waals surface area (Å²) in [7, 11) is 1.60. The number of H-pyrrole nitrogens is 1. The van der Waals surface area contributed by atoms with Gasteiger partial charge in [0.05, 0.1) is 17.7 Å². The molecule has 3 heterocycles. The van der Waals surface area contributed by atoms with E-state index in [2.05, 4.69) is 20.5 Å². The summed E-state index contributed by atoms with van der Waals surface area (Å²) in [5, 5.41) is 15.1. The second kappa shape index (κ2) is 8.56. The SMILES string of the molecule is COc1ccccc1-n1nnnc1SC(C)c1nc2scc(-c3ccccc3)c2c(=O)[nH]1. The van der Waals surface area contributed by atoms with E-state index in [0.29, 0.717) is 26.9 Å². The first-order valence-electron chi connectivity index (χ1n) is 9.81. The number of fused-ring (bicyclic) bond motifs is 1. The van der Waals surface area contributed by atoms with Crippen molar-refractivity contribution in [3.05, 3.63) is 76.2 Å². The molecule has 0 aliphatic heterocycles. The molecule has 32 heavy (non-hydrogen) atoms. The second-order valence-electron chi connectivity index (χ2n) is 6.95. The van der Waals surface area contributed by atoms with E-state index in [-0.39, 0.29) is 10.8 Å². The highest BCUT2D eigenvalue weighted by Crippen LogP contribution is 2.36. The molecule has 0 aliphatic rings. The molecule has 0 spiro atoms. The van der Waals surface area contributed by atoms with Crippen LogP contribution in [0.2, 0.25) is 0 Å². The number of benzene rings is 2. The normalized spacial score (nSPS) is 12.2. The number of aromatic amines is 1. The van der Waals surface area contributed by atoms with Crippen molar-refractivity contribution in [2.45, 2.75) is 17.3 Å². The molecule has 0 bridgehead atoms. The van der Waals surface area contributed by atoms with E-state index in [1.54, 1.807) is 11.8 Å². The second-order valence-corrected chi connectivity index (χ2v) is 9.12. The zero-order valence-corrected chi connectivity index (χ0v) is 18.9. The van der Waals surface area contributed by atoms with Crippen LogP contribution >= 0.6 is 23.1 Å². The minimum Gasteiger partial charge on any atom is -0.494 e. The van der Waals surface area contributed by atoms with Gasteiger partial charge in [-0.05, 0) is 35.0 Å². The molecule has 1 N–H and O–H groups in total. The molecule has 1 unspecified atom stereocenters. The van der Waals surface area contributed by atoms with E-state index in [1.165, 1.54) is 23.1 Å². The highest BCUT2D eigenvalue weighted by Gasteiger charge is 2.20. The van der Waals surface area contributed by atoms with Crippen molar-refractivity contribution in [1.29, 1.82) is 0 Å². The standard InChI is InChI=1S/C22H18N6O2S2/c1-13(32-22-25-26-27-28(22)16-10-6-7-11-17(16)30-2)19-23-20(29)18-15(12-31-21(18)24-19)14-8-4-3-5-9-14/h3-13H,1-2H3,(H,23,24,29). The number of hydrogen-bond donors (Lipinski definition) is 1. The van der Waals surface area contributed by atoms with Gasteiger partial charge in [0, 0.05) is 10.9 Å². The summed E-state index contributed by atoms with van der Waals surface area (Å²) in [5.41, 5.74) is 2.47. The fraction of sp³-hybridized carbons (Fsp3) is 0.136. The van der Waals surface area contributed by atoms with Crippen LogP contribution < -0.4 is 10.3 Å². The maximum atomic E-state index is 13.0. The minimum absolute atomic E-state index is 0.151. The number of nitrogens with one attached hydrogen (secondary N) is 1. The van der Waals surface area contributed by atoms with Crippen molar-refractivity contribution >= 4 is 33.3 Å². The van der Waals surface area contributed by atoms with Crippen molar-refractivity contribution in [3.8, 4) is 22.6 Å². The Morgan fingerprint density at radius 2 is 1.91 bits per heavy atom. The van der Waals surface area contributed by atoms with E-state index < -0.39 is 0 Å². The van der Waals surface area contributed by atoms with Crippen LogP contribution in [0.15, 0.2) is 69.9 Å². The topological polar surface area (TPSA) is 98.6 Å². The number of aromatic nitrogens is 6. The van der Waals surface area contributed by atoms with Gasteiger partial charge in [-0.2, -0.15) is 4.68 Å². The Morgan fingerprint density at radius 1 is 1.12 bits per heavy atom. The van der Waals surface area contributed by atoms with Crippen LogP contribution in [0.5, 0.6) is 5.75 Å². The average Bonchev–Trinajstić information content (AvgIpc) is 3.47. The lowest BCUT2D eigenvalue weighted by Gasteiger charge is -2.12.